The average Bonchev–Trinajstić information content (AvgIpc) is 3.35. The fourth-order valence-electron chi connectivity index (χ4n) is 3.99. The van der Waals surface area contributed by atoms with Gasteiger partial charge >= 0.3 is 0 Å². The van der Waals surface area contributed by atoms with Gasteiger partial charge in [0.25, 0.3) is 5.91 Å². The van der Waals surface area contributed by atoms with Crippen molar-refractivity contribution in [2.24, 2.45) is 0 Å². The fourth-order valence-corrected chi connectivity index (χ4v) is 4.64. The lowest BCUT2D eigenvalue weighted by Gasteiger charge is -2.45. The van der Waals surface area contributed by atoms with E-state index in [4.69, 9.17) is 4.74 Å². The Balaban J connectivity index is 1.42. The molecular weight excluding hydrogens is 376 g/mol. The maximum atomic E-state index is 12.7. The molecule has 0 unspecified atom stereocenters. The van der Waals surface area contributed by atoms with Gasteiger partial charge in [0.15, 0.2) is 6.10 Å². The number of carbonyl (C=O) groups excluding carboxylic acids is 1. The third kappa shape index (κ3) is 4.12. The van der Waals surface area contributed by atoms with Gasteiger partial charge in [0.1, 0.15) is 16.4 Å². The zero-order valence-electron chi connectivity index (χ0n) is 16.5. The first-order chi connectivity index (χ1) is 13.6. The summed E-state index contributed by atoms with van der Waals surface area (Å²) in [5, 5.41) is 6.16. The van der Waals surface area contributed by atoms with E-state index in [9.17, 15) is 4.79 Å². The number of fused-ring (bicyclic) bond motifs is 2. The number of carbonyl (C=O) groups is 1. The van der Waals surface area contributed by atoms with Crippen LogP contribution in [-0.2, 0) is 28.2 Å². The molecule has 1 spiro atoms. The fraction of sp³-hybridized carbons (Fsp3) is 0.632. The van der Waals surface area contributed by atoms with Crippen molar-refractivity contribution in [3.8, 4) is 0 Å². The molecule has 0 radical (unpaired) electrons. The SMILES string of the molecule is CN(C)CCNC(=O)[C@H]1Cn2ccnc2C2(CCN(Cc3nccs3)CC2)O1. The van der Waals surface area contributed by atoms with Crippen molar-refractivity contribution in [1.29, 1.82) is 0 Å². The third-order valence-corrected chi connectivity index (χ3v) is 6.27. The van der Waals surface area contributed by atoms with Crippen LogP contribution in [0.15, 0.2) is 24.0 Å². The van der Waals surface area contributed by atoms with E-state index in [2.05, 4.69) is 29.7 Å². The van der Waals surface area contributed by atoms with Crippen LogP contribution in [0.1, 0.15) is 23.7 Å². The number of likely N-dealkylation sites (N-methyl/N-ethyl adjacent to an activating group) is 1. The summed E-state index contributed by atoms with van der Waals surface area (Å²) in [5.41, 5.74) is -0.481. The first kappa shape index (κ1) is 19.5. The Hall–Kier alpha value is -1.81. The number of amides is 1. The Kier molecular flexibility index (Phi) is 5.77. The minimum Gasteiger partial charge on any atom is -0.352 e. The topological polar surface area (TPSA) is 75.5 Å². The van der Waals surface area contributed by atoms with Gasteiger partial charge < -0.3 is 19.5 Å². The predicted molar refractivity (Wildman–Crippen MR) is 107 cm³/mol. The molecule has 4 rings (SSSR count). The van der Waals surface area contributed by atoms with Gasteiger partial charge in [-0.2, -0.15) is 0 Å². The van der Waals surface area contributed by atoms with Crippen molar-refractivity contribution in [1.82, 2.24) is 29.7 Å². The Morgan fingerprint density at radius 3 is 2.89 bits per heavy atom. The smallest absolute Gasteiger partial charge is 0.251 e. The van der Waals surface area contributed by atoms with E-state index in [1.165, 1.54) is 0 Å². The molecule has 2 aromatic rings. The molecule has 9 heteroatoms. The van der Waals surface area contributed by atoms with Gasteiger partial charge in [0.05, 0.1) is 13.1 Å². The maximum Gasteiger partial charge on any atom is 0.251 e. The number of hydrogen-bond acceptors (Lipinski definition) is 7. The molecule has 1 fully saturated rings. The number of nitrogens with zero attached hydrogens (tertiary/aromatic N) is 5. The van der Waals surface area contributed by atoms with Crippen LogP contribution in [0.2, 0.25) is 0 Å². The van der Waals surface area contributed by atoms with E-state index >= 15 is 0 Å². The Morgan fingerprint density at radius 1 is 1.36 bits per heavy atom. The van der Waals surface area contributed by atoms with Crippen molar-refractivity contribution >= 4 is 17.2 Å². The van der Waals surface area contributed by atoms with Crippen LogP contribution in [0.25, 0.3) is 0 Å². The molecule has 28 heavy (non-hydrogen) atoms. The van der Waals surface area contributed by atoms with E-state index in [0.717, 1.165) is 49.9 Å². The van der Waals surface area contributed by atoms with Gasteiger partial charge in [0.2, 0.25) is 0 Å². The zero-order valence-corrected chi connectivity index (χ0v) is 17.3. The second kappa shape index (κ2) is 8.28. The second-order valence-corrected chi connectivity index (χ2v) is 8.78. The van der Waals surface area contributed by atoms with E-state index in [1.807, 2.05) is 38.1 Å². The Labute approximate surface area is 169 Å². The standard InChI is InChI=1S/C19H28N6O2S/c1-23(2)10-5-21-17(26)15-13-25-11-6-22-18(25)19(27-15)3-8-24(9-4-19)14-16-20-7-12-28-16/h6-7,11-12,15H,3-5,8-10,13-14H2,1-2H3,(H,21,26)/t15-/m1/s1. The van der Waals surface area contributed by atoms with E-state index in [-0.39, 0.29) is 5.91 Å². The van der Waals surface area contributed by atoms with Crippen LogP contribution in [0, 0.1) is 0 Å². The van der Waals surface area contributed by atoms with Gasteiger partial charge in [-0.1, -0.05) is 0 Å². The number of nitrogens with one attached hydrogen (secondary N) is 1. The monoisotopic (exact) mass is 404 g/mol. The molecule has 0 bridgehead atoms. The van der Waals surface area contributed by atoms with Crippen LogP contribution in [0.3, 0.4) is 0 Å². The number of rotatable bonds is 6. The molecule has 1 N–H and O–H groups in total. The molecule has 152 valence electrons. The molecule has 2 aromatic heterocycles. The van der Waals surface area contributed by atoms with Crippen LogP contribution in [-0.4, -0.2) is 76.6 Å². The molecular formula is C19H28N6O2S. The number of thiazole rings is 1. The highest BCUT2D eigenvalue weighted by Gasteiger charge is 2.47. The quantitative estimate of drug-likeness (QED) is 0.771. The summed E-state index contributed by atoms with van der Waals surface area (Å²) < 4.78 is 8.55. The van der Waals surface area contributed by atoms with Crippen LogP contribution in [0.4, 0.5) is 0 Å². The molecule has 1 saturated heterocycles. The van der Waals surface area contributed by atoms with Gasteiger partial charge in [-0.25, -0.2) is 9.97 Å². The summed E-state index contributed by atoms with van der Waals surface area (Å²) in [6, 6.07) is 0. The van der Waals surface area contributed by atoms with Gasteiger partial charge in [-0.3, -0.25) is 9.69 Å². The molecule has 4 heterocycles. The molecule has 2 aliphatic heterocycles. The summed E-state index contributed by atoms with van der Waals surface area (Å²) in [6.45, 7) is 4.63. The highest BCUT2D eigenvalue weighted by Crippen LogP contribution is 2.40. The van der Waals surface area contributed by atoms with Crippen molar-refractivity contribution in [3.05, 3.63) is 34.8 Å². The number of aromatic nitrogens is 3. The summed E-state index contributed by atoms with van der Waals surface area (Å²) in [6.07, 6.45) is 6.81. The summed E-state index contributed by atoms with van der Waals surface area (Å²) in [5.74, 6) is 0.921. The van der Waals surface area contributed by atoms with Crippen molar-refractivity contribution in [2.75, 3.05) is 40.3 Å². The minimum absolute atomic E-state index is 0.0363. The highest BCUT2D eigenvalue weighted by molar-refractivity contribution is 7.09. The Bertz CT molecular complexity index is 782. The minimum atomic E-state index is -0.481. The summed E-state index contributed by atoms with van der Waals surface area (Å²) >= 11 is 1.69. The van der Waals surface area contributed by atoms with E-state index in [0.29, 0.717) is 13.1 Å². The number of piperidine rings is 1. The van der Waals surface area contributed by atoms with E-state index < -0.39 is 11.7 Å². The molecule has 1 atom stereocenters. The molecule has 0 aromatic carbocycles. The summed E-state index contributed by atoms with van der Waals surface area (Å²) in [4.78, 5) is 26.1. The normalized spacial score (nSPS) is 21.8. The largest absolute Gasteiger partial charge is 0.352 e. The molecule has 2 aliphatic rings. The number of hydrogen-bond donors (Lipinski definition) is 1. The first-order valence-electron chi connectivity index (χ1n) is 9.78. The average molecular weight is 405 g/mol. The predicted octanol–water partition coefficient (Wildman–Crippen LogP) is 0.908. The van der Waals surface area contributed by atoms with E-state index in [1.54, 1.807) is 11.3 Å². The lowest BCUT2D eigenvalue weighted by molar-refractivity contribution is -0.173. The van der Waals surface area contributed by atoms with Crippen LogP contribution < -0.4 is 5.32 Å². The maximum absolute atomic E-state index is 12.7. The Morgan fingerprint density at radius 2 is 2.18 bits per heavy atom. The van der Waals surface area contributed by atoms with Crippen LogP contribution in [0.5, 0.6) is 0 Å². The molecule has 8 nitrogen and oxygen atoms in total. The number of likely N-dealkylation sites (tertiary alicyclic amines) is 1. The number of imidazole rings is 1. The zero-order chi connectivity index (χ0) is 19.6. The molecule has 0 saturated carbocycles. The van der Waals surface area contributed by atoms with Gasteiger partial charge in [-0.05, 0) is 26.9 Å². The van der Waals surface area contributed by atoms with Crippen molar-refractivity contribution < 1.29 is 9.53 Å². The molecule has 1 amide bonds. The highest BCUT2D eigenvalue weighted by atomic mass is 32.1. The third-order valence-electron chi connectivity index (χ3n) is 5.51. The van der Waals surface area contributed by atoms with Crippen molar-refractivity contribution in [3.63, 3.8) is 0 Å². The van der Waals surface area contributed by atoms with Gasteiger partial charge in [-0.15, -0.1) is 11.3 Å². The van der Waals surface area contributed by atoms with Gasteiger partial charge in [0, 0.05) is 50.1 Å². The number of ether oxygens (including phenoxy) is 1. The summed E-state index contributed by atoms with van der Waals surface area (Å²) in [7, 11) is 3.99. The molecule has 0 aliphatic carbocycles. The first-order valence-corrected chi connectivity index (χ1v) is 10.7. The lowest BCUT2D eigenvalue weighted by Crippen LogP contribution is -2.54. The van der Waals surface area contributed by atoms with Crippen LogP contribution >= 0.6 is 11.3 Å². The second-order valence-electron chi connectivity index (χ2n) is 7.80. The van der Waals surface area contributed by atoms with Crippen molar-refractivity contribution in [2.45, 2.75) is 37.6 Å². The lowest BCUT2D eigenvalue weighted by atomic mass is 9.88.